The number of para-hydroxylation sites is 1. The van der Waals surface area contributed by atoms with Gasteiger partial charge in [-0.15, -0.1) is 0 Å². The normalized spacial score (nSPS) is 18.0. The van der Waals surface area contributed by atoms with Gasteiger partial charge in [-0.2, -0.15) is 8.75 Å². The second-order valence-corrected chi connectivity index (χ2v) is 8.10. The summed E-state index contributed by atoms with van der Waals surface area (Å²) in [6.07, 6.45) is 0.237. The minimum atomic E-state index is -1.95. The Bertz CT molecular complexity index is 1380. The molecule has 1 aliphatic rings. The number of nitrogens with zero attached hydrogens (tertiary/aromatic N) is 2. The number of esters is 1. The predicted molar refractivity (Wildman–Crippen MR) is 124 cm³/mol. The van der Waals surface area contributed by atoms with Crippen molar-refractivity contribution >= 4 is 34.3 Å². The first-order chi connectivity index (χ1) is 16.0. The number of rotatable bonds is 6. The molecular weight excluding hydrogens is 440 g/mol. The standard InChI is InChI=1S/C25H20N2O5S/c1-30-18-10-8-17(9-11-18)25(29)19(13-15-5-3-4-6-22(15)31-2)23(24(28)32-25)16-7-12-20-21(14-16)27-33-26-20/h3-12,14,29H,13H2,1-2H3. The van der Waals surface area contributed by atoms with Crippen LogP contribution in [0, 0.1) is 0 Å². The fourth-order valence-corrected chi connectivity index (χ4v) is 4.58. The Labute approximate surface area is 194 Å². The van der Waals surface area contributed by atoms with Crippen LogP contribution in [0.4, 0.5) is 0 Å². The molecule has 0 saturated carbocycles. The lowest BCUT2D eigenvalue weighted by Gasteiger charge is -2.26. The summed E-state index contributed by atoms with van der Waals surface area (Å²) in [6, 6.07) is 19.7. The molecule has 8 heteroatoms. The van der Waals surface area contributed by atoms with E-state index in [2.05, 4.69) is 8.75 Å². The van der Waals surface area contributed by atoms with E-state index in [9.17, 15) is 9.90 Å². The largest absolute Gasteiger partial charge is 0.497 e. The van der Waals surface area contributed by atoms with Gasteiger partial charge in [0.1, 0.15) is 22.5 Å². The van der Waals surface area contributed by atoms with Crippen LogP contribution in [0.3, 0.4) is 0 Å². The molecule has 0 bridgehead atoms. The minimum absolute atomic E-state index is 0.237. The molecular formula is C25H20N2O5S. The fourth-order valence-electron chi connectivity index (χ4n) is 4.07. The zero-order valence-electron chi connectivity index (χ0n) is 17.9. The molecule has 7 nitrogen and oxygen atoms in total. The van der Waals surface area contributed by atoms with Crippen LogP contribution in [-0.2, 0) is 21.7 Å². The zero-order chi connectivity index (χ0) is 23.0. The van der Waals surface area contributed by atoms with Crippen LogP contribution in [-0.4, -0.2) is 34.0 Å². The highest BCUT2D eigenvalue weighted by molar-refractivity contribution is 7.00. The highest BCUT2D eigenvalue weighted by Gasteiger charge is 2.48. The van der Waals surface area contributed by atoms with Gasteiger partial charge in [0.2, 0.25) is 0 Å². The van der Waals surface area contributed by atoms with Crippen molar-refractivity contribution in [1.82, 2.24) is 8.75 Å². The highest BCUT2D eigenvalue weighted by Crippen LogP contribution is 2.45. The van der Waals surface area contributed by atoms with Crippen molar-refractivity contribution in [1.29, 1.82) is 0 Å². The van der Waals surface area contributed by atoms with Crippen molar-refractivity contribution in [2.45, 2.75) is 12.2 Å². The molecule has 0 aliphatic carbocycles. The van der Waals surface area contributed by atoms with Gasteiger partial charge in [0.05, 0.1) is 31.5 Å². The molecule has 0 spiro atoms. The van der Waals surface area contributed by atoms with Crippen LogP contribution in [0.2, 0.25) is 0 Å². The Hall–Kier alpha value is -3.75. The molecule has 0 fully saturated rings. The maximum absolute atomic E-state index is 13.2. The first-order valence-corrected chi connectivity index (χ1v) is 10.9. The Morgan fingerprint density at radius 2 is 1.73 bits per heavy atom. The number of methoxy groups -OCH3 is 2. The number of cyclic esters (lactones) is 1. The fraction of sp³-hybridized carbons (Fsp3) is 0.160. The summed E-state index contributed by atoms with van der Waals surface area (Å²) in [5, 5.41) is 11.8. The Kier molecular flexibility index (Phi) is 5.32. The number of aromatic nitrogens is 2. The van der Waals surface area contributed by atoms with Crippen LogP contribution >= 0.6 is 11.7 Å². The molecule has 5 rings (SSSR count). The third kappa shape index (κ3) is 3.63. The SMILES string of the molecule is COc1ccc(C2(O)OC(=O)C(c3ccc4nsnc4c3)=C2Cc2ccccc2OC)cc1. The molecule has 1 N–H and O–H groups in total. The van der Waals surface area contributed by atoms with E-state index in [4.69, 9.17) is 14.2 Å². The molecule has 0 radical (unpaired) electrons. The minimum Gasteiger partial charge on any atom is -0.497 e. The molecule has 1 aliphatic heterocycles. The number of fused-ring (bicyclic) bond motifs is 1. The van der Waals surface area contributed by atoms with Crippen molar-refractivity contribution in [3.05, 3.63) is 89.0 Å². The van der Waals surface area contributed by atoms with Crippen molar-refractivity contribution < 1.29 is 24.1 Å². The Morgan fingerprint density at radius 1 is 0.970 bits per heavy atom. The van der Waals surface area contributed by atoms with Crippen LogP contribution in [0.1, 0.15) is 16.7 Å². The monoisotopic (exact) mass is 460 g/mol. The van der Waals surface area contributed by atoms with Crippen molar-refractivity contribution in [3.63, 3.8) is 0 Å². The van der Waals surface area contributed by atoms with Gasteiger partial charge in [0.15, 0.2) is 0 Å². The van der Waals surface area contributed by atoms with Gasteiger partial charge in [-0.05, 0) is 53.6 Å². The van der Waals surface area contributed by atoms with Crippen molar-refractivity contribution in [3.8, 4) is 11.5 Å². The van der Waals surface area contributed by atoms with Gasteiger partial charge in [-0.1, -0.05) is 24.3 Å². The zero-order valence-corrected chi connectivity index (χ0v) is 18.8. The van der Waals surface area contributed by atoms with E-state index < -0.39 is 11.8 Å². The number of hydrogen-bond donors (Lipinski definition) is 1. The average molecular weight is 461 g/mol. The van der Waals surface area contributed by atoms with Crippen LogP contribution in [0.25, 0.3) is 16.6 Å². The molecule has 3 aromatic carbocycles. The van der Waals surface area contributed by atoms with Crippen LogP contribution in [0.15, 0.2) is 72.3 Å². The summed E-state index contributed by atoms with van der Waals surface area (Å²) >= 11 is 1.10. The second-order valence-electron chi connectivity index (χ2n) is 7.57. The number of ether oxygens (including phenoxy) is 3. The maximum Gasteiger partial charge on any atom is 0.342 e. The maximum atomic E-state index is 13.2. The molecule has 1 atom stereocenters. The second kappa shape index (κ2) is 8.31. The molecule has 0 saturated heterocycles. The highest BCUT2D eigenvalue weighted by atomic mass is 32.1. The molecule has 1 aromatic heterocycles. The third-order valence-electron chi connectivity index (χ3n) is 5.74. The summed E-state index contributed by atoms with van der Waals surface area (Å²) in [6.45, 7) is 0. The molecule has 2 heterocycles. The van der Waals surface area contributed by atoms with Crippen LogP contribution in [0.5, 0.6) is 11.5 Å². The molecule has 1 unspecified atom stereocenters. The Morgan fingerprint density at radius 3 is 2.48 bits per heavy atom. The van der Waals surface area contributed by atoms with Gasteiger partial charge in [0.25, 0.3) is 5.79 Å². The molecule has 166 valence electrons. The van der Waals surface area contributed by atoms with Crippen molar-refractivity contribution in [2.24, 2.45) is 0 Å². The summed E-state index contributed by atoms with van der Waals surface area (Å²) < 4.78 is 24.9. The van der Waals surface area contributed by atoms with E-state index in [1.807, 2.05) is 24.3 Å². The Balaban J connectivity index is 1.71. The van der Waals surface area contributed by atoms with Gasteiger partial charge < -0.3 is 19.3 Å². The van der Waals surface area contributed by atoms with E-state index in [1.54, 1.807) is 56.7 Å². The number of carbonyl (C=O) groups is 1. The average Bonchev–Trinajstić information content (AvgIpc) is 3.41. The van der Waals surface area contributed by atoms with E-state index in [-0.39, 0.29) is 6.42 Å². The lowest BCUT2D eigenvalue weighted by molar-refractivity contribution is -0.185. The number of benzene rings is 3. The van der Waals surface area contributed by atoms with Crippen LogP contribution < -0.4 is 9.47 Å². The van der Waals surface area contributed by atoms with Gasteiger partial charge >= 0.3 is 5.97 Å². The van der Waals surface area contributed by atoms with E-state index in [1.165, 1.54) is 0 Å². The lowest BCUT2D eigenvalue weighted by atomic mass is 9.87. The van der Waals surface area contributed by atoms with E-state index >= 15 is 0 Å². The first-order valence-electron chi connectivity index (χ1n) is 10.2. The molecule has 33 heavy (non-hydrogen) atoms. The van der Waals surface area contributed by atoms with Gasteiger partial charge in [-0.25, -0.2) is 4.79 Å². The quantitative estimate of drug-likeness (QED) is 0.433. The smallest absolute Gasteiger partial charge is 0.342 e. The number of aliphatic hydroxyl groups is 1. The summed E-state index contributed by atoms with van der Waals surface area (Å²) in [5.41, 5.74) is 3.98. The molecule has 0 amide bonds. The van der Waals surface area contributed by atoms with E-state index in [0.717, 1.165) is 22.8 Å². The van der Waals surface area contributed by atoms with Gasteiger partial charge in [-0.3, -0.25) is 0 Å². The van der Waals surface area contributed by atoms with Gasteiger partial charge in [0, 0.05) is 17.6 Å². The lowest BCUT2D eigenvalue weighted by Crippen LogP contribution is -2.29. The topological polar surface area (TPSA) is 90.8 Å². The number of carbonyl (C=O) groups excluding carboxylic acids is 1. The van der Waals surface area contributed by atoms with E-state index in [0.29, 0.717) is 39.3 Å². The summed E-state index contributed by atoms with van der Waals surface area (Å²) in [5.74, 6) is -1.28. The third-order valence-corrected chi connectivity index (χ3v) is 6.30. The first kappa shape index (κ1) is 21.1. The summed E-state index contributed by atoms with van der Waals surface area (Å²) in [4.78, 5) is 13.2. The molecule has 4 aromatic rings. The summed E-state index contributed by atoms with van der Waals surface area (Å²) in [7, 11) is 3.15. The predicted octanol–water partition coefficient (Wildman–Crippen LogP) is 4.11. The van der Waals surface area contributed by atoms with Crippen molar-refractivity contribution in [2.75, 3.05) is 14.2 Å². The number of hydrogen-bond acceptors (Lipinski definition) is 8.